The van der Waals surface area contributed by atoms with E-state index in [1.54, 1.807) is 12.1 Å². The summed E-state index contributed by atoms with van der Waals surface area (Å²) < 4.78 is 13.0. The molecule has 1 amide bonds. The molecule has 2 rings (SSSR count). The molecular formula is C15H17FN2OS. The smallest absolute Gasteiger partial charge is 0.255 e. The lowest BCUT2D eigenvalue weighted by Crippen LogP contribution is -2.30. The number of carbonyl (C=O) groups is 1. The lowest BCUT2D eigenvalue weighted by molar-refractivity contribution is 0.0945. The molecule has 0 atom stereocenters. The summed E-state index contributed by atoms with van der Waals surface area (Å²) in [6, 6.07) is 6.12. The van der Waals surface area contributed by atoms with Gasteiger partial charge in [0, 0.05) is 16.5 Å². The molecule has 0 spiro atoms. The molecule has 0 aliphatic rings. The number of nitrogens with one attached hydrogen (secondary N) is 1. The summed E-state index contributed by atoms with van der Waals surface area (Å²) in [6.45, 7) is 5.70. The number of thiophene rings is 1. The number of hydrogen-bond donors (Lipinski definition) is 2. The van der Waals surface area contributed by atoms with Crippen molar-refractivity contribution in [1.82, 2.24) is 5.32 Å². The summed E-state index contributed by atoms with van der Waals surface area (Å²) in [5, 5.41) is 3.33. The number of anilines is 1. The van der Waals surface area contributed by atoms with E-state index in [0.29, 0.717) is 10.6 Å². The van der Waals surface area contributed by atoms with Gasteiger partial charge in [0.25, 0.3) is 5.91 Å². The SMILES string of the molecule is Cc1sc(N)c(C(=O)NC(C)C)c1-c1ccc(F)cc1. The van der Waals surface area contributed by atoms with Gasteiger partial charge in [0.2, 0.25) is 0 Å². The van der Waals surface area contributed by atoms with E-state index in [2.05, 4.69) is 5.32 Å². The van der Waals surface area contributed by atoms with Crippen LogP contribution in [0.5, 0.6) is 0 Å². The van der Waals surface area contributed by atoms with Crippen molar-refractivity contribution in [3.63, 3.8) is 0 Å². The molecule has 0 saturated heterocycles. The van der Waals surface area contributed by atoms with Crippen molar-refractivity contribution in [1.29, 1.82) is 0 Å². The Kier molecular flexibility index (Phi) is 4.09. The van der Waals surface area contributed by atoms with E-state index in [-0.39, 0.29) is 17.8 Å². The van der Waals surface area contributed by atoms with Gasteiger partial charge in [-0.25, -0.2) is 4.39 Å². The quantitative estimate of drug-likeness (QED) is 0.908. The molecule has 0 fully saturated rings. The van der Waals surface area contributed by atoms with Crippen LogP contribution >= 0.6 is 11.3 Å². The minimum Gasteiger partial charge on any atom is -0.390 e. The summed E-state index contributed by atoms with van der Waals surface area (Å²) in [5.74, 6) is -0.496. The molecule has 0 aliphatic carbocycles. The van der Waals surface area contributed by atoms with Crippen LogP contribution in [0.25, 0.3) is 11.1 Å². The summed E-state index contributed by atoms with van der Waals surface area (Å²) in [7, 11) is 0. The van der Waals surface area contributed by atoms with Crippen molar-refractivity contribution in [2.75, 3.05) is 5.73 Å². The molecule has 3 N–H and O–H groups in total. The molecule has 0 bridgehead atoms. The van der Waals surface area contributed by atoms with Gasteiger partial charge in [-0.05, 0) is 38.5 Å². The second-order valence-electron chi connectivity index (χ2n) is 4.91. The Bertz CT molecular complexity index is 632. The van der Waals surface area contributed by atoms with E-state index in [9.17, 15) is 9.18 Å². The number of benzene rings is 1. The highest BCUT2D eigenvalue weighted by molar-refractivity contribution is 7.16. The third-order valence-electron chi connectivity index (χ3n) is 2.89. The monoisotopic (exact) mass is 292 g/mol. The Balaban J connectivity index is 2.53. The maximum absolute atomic E-state index is 13.0. The first-order valence-corrected chi connectivity index (χ1v) is 7.17. The Labute approximate surface area is 121 Å². The van der Waals surface area contributed by atoms with E-state index >= 15 is 0 Å². The minimum atomic E-state index is -0.303. The number of halogens is 1. The van der Waals surface area contributed by atoms with E-state index in [1.165, 1.54) is 23.5 Å². The van der Waals surface area contributed by atoms with Gasteiger partial charge in [0.15, 0.2) is 0 Å². The predicted octanol–water partition coefficient (Wildman–Crippen LogP) is 3.58. The lowest BCUT2D eigenvalue weighted by Gasteiger charge is -2.11. The predicted molar refractivity (Wildman–Crippen MR) is 81.5 cm³/mol. The van der Waals surface area contributed by atoms with Crippen LogP contribution in [0.1, 0.15) is 29.1 Å². The molecule has 20 heavy (non-hydrogen) atoms. The molecule has 1 aromatic heterocycles. The van der Waals surface area contributed by atoms with Crippen molar-refractivity contribution >= 4 is 22.2 Å². The highest BCUT2D eigenvalue weighted by atomic mass is 32.1. The van der Waals surface area contributed by atoms with Gasteiger partial charge in [-0.2, -0.15) is 0 Å². The molecule has 5 heteroatoms. The fraction of sp³-hybridized carbons (Fsp3) is 0.267. The first kappa shape index (κ1) is 14.5. The molecule has 0 aliphatic heterocycles. The number of rotatable bonds is 3. The average molecular weight is 292 g/mol. The Morgan fingerprint density at radius 1 is 1.30 bits per heavy atom. The van der Waals surface area contributed by atoms with Gasteiger partial charge >= 0.3 is 0 Å². The van der Waals surface area contributed by atoms with Gasteiger partial charge in [-0.15, -0.1) is 11.3 Å². The fourth-order valence-corrected chi connectivity index (χ4v) is 3.04. The number of nitrogens with two attached hydrogens (primary N) is 1. The number of aryl methyl sites for hydroxylation is 1. The standard InChI is InChI=1S/C15H17FN2OS/c1-8(2)18-15(19)13-12(9(3)20-14(13)17)10-4-6-11(16)7-5-10/h4-8H,17H2,1-3H3,(H,18,19). The summed E-state index contributed by atoms with van der Waals surface area (Å²) in [5.41, 5.74) is 8.03. The Hall–Kier alpha value is -1.88. The van der Waals surface area contributed by atoms with E-state index in [0.717, 1.165) is 16.0 Å². The van der Waals surface area contributed by atoms with E-state index in [1.807, 2.05) is 20.8 Å². The third kappa shape index (κ3) is 2.82. The molecule has 3 nitrogen and oxygen atoms in total. The molecular weight excluding hydrogens is 275 g/mol. The lowest BCUT2D eigenvalue weighted by atomic mass is 10.0. The maximum Gasteiger partial charge on any atom is 0.255 e. The van der Waals surface area contributed by atoms with Crippen LogP contribution in [0.4, 0.5) is 9.39 Å². The number of amides is 1. The number of carbonyl (C=O) groups excluding carboxylic acids is 1. The zero-order valence-electron chi connectivity index (χ0n) is 11.7. The highest BCUT2D eigenvalue weighted by Gasteiger charge is 2.22. The summed E-state index contributed by atoms with van der Waals surface area (Å²) in [4.78, 5) is 13.2. The third-order valence-corrected chi connectivity index (χ3v) is 3.83. The van der Waals surface area contributed by atoms with Gasteiger partial charge in [0.1, 0.15) is 5.82 Å². The summed E-state index contributed by atoms with van der Waals surface area (Å²) in [6.07, 6.45) is 0. The van der Waals surface area contributed by atoms with Crippen molar-refractivity contribution in [2.45, 2.75) is 26.8 Å². The topological polar surface area (TPSA) is 55.1 Å². The van der Waals surface area contributed by atoms with Crippen LogP contribution in [0.3, 0.4) is 0 Å². The average Bonchev–Trinajstić information content (AvgIpc) is 2.64. The first-order chi connectivity index (χ1) is 9.40. The molecule has 106 valence electrons. The molecule has 1 aromatic carbocycles. The largest absolute Gasteiger partial charge is 0.390 e. The Morgan fingerprint density at radius 2 is 1.90 bits per heavy atom. The van der Waals surface area contributed by atoms with Crippen LogP contribution in [0.15, 0.2) is 24.3 Å². The van der Waals surface area contributed by atoms with Crippen LogP contribution < -0.4 is 11.1 Å². The van der Waals surface area contributed by atoms with Gasteiger partial charge in [-0.1, -0.05) is 12.1 Å². The zero-order valence-corrected chi connectivity index (χ0v) is 12.5. The van der Waals surface area contributed by atoms with Crippen LogP contribution in [-0.4, -0.2) is 11.9 Å². The Morgan fingerprint density at radius 3 is 2.45 bits per heavy atom. The number of hydrogen-bond acceptors (Lipinski definition) is 3. The maximum atomic E-state index is 13.0. The summed E-state index contributed by atoms with van der Waals surface area (Å²) >= 11 is 1.37. The van der Waals surface area contributed by atoms with Crippen molar-refractivity contribution in [3.8, 4) is 11.1 Å². The fourth-order valence-electron chi connectivity index (χ4n) is 2.09. The normalized spacial score (nSPS) is 10.8. The van der Waals surface area contributed by atoms with E-state index < -0.39 is 0 Å². The van der Waals surface area contributed by atoms with Gasteiger partial charge in [-0.3, -0.25) is 4.79 Å². The van der Waals surface area contributed by atoms with Crippen LogP contribution in [0.2, 0.25) is 0 Å². The van der Waals surface area contributed by atoms with E-state index in [4.69, 9.17) is 5.73 Å². The molecule has 0 saturated carbocycles. The second-order valence-corrected chi connectivity index (χ2v) is 6.16. The molecule has 2 aromatic rings. The number of nitrogen functional groups attached to an aromatic ring is 1. The minimum absolute atomic E-state index is 0.0307. The van der Waals surface area contributed by atoms with Crippen molar-refractivity contribution in [2.24, 2.45) is 0 Å². The van der Waals surface area contributed by atoms with Crippen molar-refractivity contribution < 1.29 is 9.18 Å². The molecule has 0 unspecified atom stereocenters. The van der Waals surface area contributed by atoms with Crippen LogP contribution in [-0.2, 0) is 0 Å². The zero-order chi connectivity index (χ0) is 14.9. The molecule has 0 radical (unpaired) electrons. The first-order valence-electron chi connectivity index (χ1n) is 6.35. The molecule has 1 heterocycles. The highest BCUT2D eigenvalue weighted by Crippen LogP contribution is 2.38. The van der Waals surface area contributed by atoms with Crippen LogP contribution in [0, 0.1) is 12.7 Å². The second kappa shape index (κ2) is 5.63. The van der Waals surface area contributed by atoms with Gasteiger partial charge in [0.05, 0.1) is 10.6 Å². The van der Waals surface area contributed by atoms with Gasteiger partial charge < -0.3 is 11.1 Å². The van der Waals surface area contributed by atoms with Crippen molar-refractivity contribution in [3.05, 3.63) is 40.5 Å².